The van der Waals surface area contributed by atoms with E-state index in [4.69, 9.17) is 42.3 Å². The highest BCUT2D eigenvalue weighted by Gasteiger charge is 2.53. The van der Waals surface area contributed by atoms with Crippen LogP contribution in [0, 0.1) is 0 Å². The minimum Gasteiger partial charge on any atom is -0.461 e. The summed E-state index contributed by atoms with van der Waals surface area (Å²) in [5.74, 6) is -9.33. The lowest BCUT2D eigenvalue weighted by Crippen LogP contribution is -2.68. The van der Waals surface area contributed by atoms with Gasteiger partial charge in [0.2, 0.25) is 18.3 Å². The van der Waals surface area contributed by atoms with Crippen LogP contribution < -0.4 is 10.4 Å². The van der Waals surface area contributed by atoms with Gasteiger partial charge < -0.3 is 42.3 Å². The fraction of sp³-hybridized carbons (Fsp3) is 0.254. The van der Waals surface area contributed by atoms with Crippen molar-refractivity contribution in [3.63, 3.8) is 0 Å². The molecule has 0 spiro atoms. The van der Waals surface area contributed by atoms with Crippen LogP contribution >= 0.6 is 0 Å². The Morgan fingerprint density at radius 2 is 0.529 bits per heavy atom. The van der Waals surface area contributed by atoms with E-state index >= 15 is 0 Å². The Balaban J connectivity index is 1.14. The first-order valence-electron chi connectivity index (χ1n) is 27.5. The van der Waals surface area contributed by atoms with E-state index in [0.717, 1.165) is 10.4 Å². The smallest absolute Gasteiger partial charge is 0.348 e. The zero-order valence-electron chi connectivity index (χ0n) is 47.3. The lowest BCUT2D eigenvalue weighted by Gasteiger charge is -2.44. The number of esters is 8. The molecule has 0 aromatic heterocycles. The van der Waals surface area contributed by atoms with Gasteiger partial charge in [0.1, 0.15) is 33.0 Å². The van der Waals surface area contributed by atoms with Gasteiger partial charge in [-0.15, -0.1) is 0 Å². The van der Waals surface area contributed by atoms with E-state index in [9.17, 15) is 38.4 Å². The standard InChI is InChI=1S/C67H66O17Si/c1-67(2,3)85(53-35-21-9-22-36-53,54-37-23-10-24-38-54)84-58(66(75)80-47-52-33-19-8-20-34-52)42-62(71)83-57(65(74)79-46-51-31-17-7-18-32-51)41-61(70)82-56(64(73)78-45-50-29-15-6-16-30-50)40-60(69)81-55(63(72)77-44-49-27-13-5-14-28-49)39-59(68)76-43-48-25-11-4-12-26-48/h4-38,55-58H,39-47H2,1-3H3/t55-,56-,57-,58-/m0/s1. The van der Waals surface area contributed by atoms with Crippen molar-refractivity contribution in [2.24, 2.45) is 0 Å². The Morgan fingerprint density at radius 3 is 0.800 bits per heavy atom. The molecule has 440 valence electrons. The summed E-state index contributed by atoms with van der Waals surface area (Å²) in [6.07, 6.45) is -11.6. The van der Waals surface area contributed by atoms with Crippen molar-refractivity contribution in [3.05, 3.63) is 240 Å². The average molecular weight is 1170 g/mol. The maximum absolute atomic E-state index is 14.5. The molecule has 0 radical (unpaired) electrons. The zero-order valence-corrected chi connectivity index (χ0v) is 48.3. The molecule has 0 unspecified atom stereocenters. The van der Waals surface area contributed by atoms with E-state index < -0.39 is 111 Å². The predicted molar refractivity (Wildman–Crippen MR) is 312 cm³/mol. The maximum atomic E-state index is 14.5. The third kappa shape index (κ3) is 19.5. The van der Waals surface area contributed by atoms with E-state index in [0.29, 0.717) is 27.8 Å². The fourth-order valence-electron chi connectivity index (χ4n) is 8.91. The van der Waals surface area contributed by atoms with Gasteiger partial charge in [0.25, 0.3) is 8.32 Å². The summed E-state index contributed by atoms with van der Waals surface area (Å²) in [6, 6.07) is 61.7. The van der Waals surface area contributed by atoms with Crippen molar-refractivity contribution in [2.45, 2.75) is 109 Å². The molecule has 7 rings (SSSR count). The van der Waals surface area contributed by atoms with E-state index in [-0.39, 0.29) is 33.0 Å². The van der Waals surface area contributed by atoms with Crippen molar-refractivity contribution in [1.29, 1.82) is 0 Å². The highest BCUT2D eigenvalue weighted by Crippen LogP contribution is 2.38. The quantitative estimate of drug-likeness (QED) is 0.0243. The fourth-order valence-corrected chi connectivity index (χ4v) is 13.5. The second kappa shape index (κ2) is 31.8. The van der Waals surface area contributed by atoms with Gasteiger partial charge >= 0.3 is 47.8 Å². The first kappa shape index (κ1) is 63.1. The summed E-state index contributed by atoms with van der Waals surface area (Å²) < 4.78 is 51.7. The van der Waals surface area contributed by atoms with Gasteiger partial charge in [-0.3, -0.25) is 19.2 Å². The maximum Gasteiger partial charge on any atom is 0.348 e. The third-order valence-electron chi connectivity index (χ3n) is 13.2. The summed E-state index contributed by atoms with van der Waals surface area (Å²) in [5.41, 5.74) is 2.93. The summed E-state index contributed by atoms with van der Waals surface area (Å²) >= 11 is 0. The summed E-state index contributed by atoms with van der Waals surface area (Å²) in [4.78, 5) is 112. The molecule has 0 fully saturated rings. The van der Waals surface area contributed by atoms with Crippen LogP contribution in [0.15, 0.2) is 212 Å². The molecule has 0 aliphatic heterocycles. The molecule has 0 amide bonds. The molecule has 0 saturated heterocycles. The third-order valence-corrected chi connectivity index (χ3v) is 18.2. The van der Waals surface area contributed by atoms with Gasteiger partial charge in [-0.2, -0.15) is 0 Å². The van der Waals surface area contributed by atoms with Crippen molar-refractivity contribution >= 4 is 66.4 Å². The molecule has 0 aliphatic carbocycles. The van der Waals surface area contributed by atoms with Gasteiger partial charge in [0.05, 0.1) is 25.7 Å². The predicted octanol–water partition coefficient (Wildman–Crippen LogP) is 8.94. The zero-order chi connectivity index (χ0) is 60.4. The minimum absolute atomic E-state index is 0.168. The first-order valence-corrected chi connectivity index (χ1v) is 29.4. The van der Waals surface area contributed by atoms with Gasteiger partial charge in [0.15, 0.2) is 6.10 Å². The van der Waals surface area contributed by atoms with Crippen LogP contribution in [0.25, 0.3) is 0 Å². The molecule has 0 bridgehead atoms. The van der Waals surface area contributed by atoms with Crippen molar-refractivity contribution in [1.82, 2.24) is 0 Å². The Labute approximate surface area is 494 Å². The highest BCUT2D eigenvalue weighted by molar-refractivity contribution is 6.99. The molecule has 7 aromatic rings. The van der Waals surface area contributed by atoms with Crippen LogP contribution in [-0.4, -0.2) is 80.5 Å². The normalized spacial score (nSPS) is 12.6. The van der Waals surface area contributed by atoms with Crippen LogP contribution in [-0.2, 0) is 114 Å². The molecule has 18 heteroatoms. The van der Waals surface area contributed by atoms with Gasteiger partial charge in [-0.25, -0.2) is 19.2 Å². The molecule has 0 heterocycles. The molecular formula is C67H66O17Si. The molecule has 0 saturated carbocycles. The molecule has 85 heavy (non-hydrogen) atoms. The Morgan fingerprint density at radius 1 is 0.306 bits per heavy atom. The first-order chi connectivity index (χ1) is 41.1. The minimum atomic E-state index is -3.62. The molecule has 0 aliphatic rings. The summed E-state index contributed by atoms with van der Waals surface area (Å²) in [5, 5.41) is 0.847. The lowest BCUT2D eigenvalue weighted by molar-refractivity contribution is -0.182. The van der Waals surface area contributed by atoms with Crippen LogP contribution in [0.1, 0.15) is 74.3 Å². The Hall–Kier alpha value is -9.52. The highest BCUT2D eigenvalue weighted by atomic mass is 28.4. The number of rotatable bonds is 29. The van der Waals surface area contributed by atoms with Gasteiger partial charge in [0, 0.05) is 0 Å². The number of benzene rings is 7. The number of carbonyl (C=O) groups excluding carboxylic acids is 8. The van der Waals surface area contributed by atoms with E-state index in [1.54, 1.807) is 152 Å². The topological polar surface area (TPSA) is 220 Å². The summed E-state index contributed by atoms with van der Waals surface area (Å²) in [6.45, 7) is 4.64. The SMILES string of the molecule is CC(C)(C)[Si](O[C@@H](CC(=O)O[C@@H](CC(=O)O[C@@H](CC(=O)O[C@@H](CC(=O)OCc1ccccc1)C(=O)OCc1ccccc1)C(=O)OCc1ccccc1)C(=O)OCc1ccccc1)C(=O)OCc1ccccc1)(c1ccccc1)c1ccccc1. The monoisotopic (exact) mass is 1170 g/mol. The second-order valence-electron chi connectivity index (χ2n) is 20.5. The van der Waals surface area contributed by atoms with Gasteiger partial charge in [-0.1, -0.05) is 233 Å². The van der Waals surface area contributed by atoms with Crippen LogP contribution in [0.2, 0.25) is 5.04 Å². The molecule has 4 atom stereocenters. The van der Waals surface area contributed by atoms with E-state index in [1.165, 1.54) is 0 Å². The largest absolute Gasteiger partial charge is 0.461 e. The lowest BCUT2D eigenvalue weighted by atomic mass is 10.2. The Kier molecular flexibility index (Phi) is 23.6. The van der Waals surface area contributed by atoms with Crippen LogP contribution in [0.5, 0.6) is 0 Å². The van der Waals surface area contributed by atoms with Crippen molar-refractivity contribution in [2.75, 3.05) is 0 Å². The van der Waals surface area contributed by atoms with E-state index in [1.807, 2.05) is 81.4 Å². The molecule has 0 N–H and O–H groups in total. The van der Waals surface area contributed by atoms with Gasteiger partial charge in [-0.05, 0) is 43.2 Å². The average Bonchev–Trinajstić information content (AvgIpc) is 1.11. The van der Waals surface area contributed by atoms with Crippen LogP contribution in [0.4, 0.5) is 0 Å². The molecule has 17 nitrogen and oxygen atoms in total. The molecular weight excluding hydrogens is 1100 g/mol. The number of ether oxygens (including phenoxy) is 8. The number of hydrogen-bond donors (Lipinski definition) is 0. The number of hydrogen-bond acceptors (Lipinski definition) is 17. The van der Waals surface area contributed by atoms with E-state index in [2.05, 4.69) is 0 Å². The van der Waals surface area contributed by atoms with Crippen molar-refractivity contribution in [3.8, 4) is 0 Å². The van der Waals surface area contributed by atoms with Crippen LogP contribution in [0.3, 0.4) is 0 Å². The Bertz CT molecular complexity index is 3230. The second-order valence-corrected chi connectivity index (χ2v) is 24.8. The number of carbonyl (C=O) groups is 8. The molecule has 7 aromatic carbocycles. The van der Waals surface area contributed by atoms with Crippen molar-refractivity contribution < 1.29 is 80.7 Å². The summed E-state index contributed by atoms with van der Waals surface area (Å²) in [7, 11) is -3.62.